The van der Waals surface area contributed by atoms with E-state index in [0.717, 1.165) is 18.2 Å². The van der Waals surface area contributed by atoms with Gasteiger partial charge < -0.3 is 15.2 Å². The van der Waals surface area contributed by atoms with E-state index >= 15 is 0 Å². The maximum absolute atomic E-state index is 12.8. The van der Waals surface area contributed by atoms with Crippen molar-refractivity contribution < 1.29 is 22.5 Å². The number of rotatable bonds is 4. The molecule has 0 aliphatic heterocycles. The summed E-state index contributed by atoms with van der Waals surface area (Å²) < 4.78 is 43.4. The van der Waals surface area contributed by atoms with Crippen LogP contribution in [-0.4, -0.2) is 16.0 Å². The Labute approximate surface area is 156 Å². The number of pyridine rings is 1. The molecule has 1 aromatic carbocycles. The Morgan fingerprint density at radius 3 is 2.63 bits per heavy atom. The molecule has 0 saturated carbocycles. The first kappa shape index (κ1) is 18.7. The highest BCUT2D eigenvalue weighted by molar-refractivity contribution is 6.34. The molecule has 0 fully saturated rings. The number of hydrogen-bond donors (Lipinski definition) is 2. The molecule has 0 atom stereocenters. The molecule has 6 nitrogen and oxygen atoms in total. The molecule has 3 rings (SSSR count). The van der Waals surface area contributed by atoms with Gasteiger partial charge >= 0.3 is 6.18 Å². The molecule has 0 aliphatic carbocycles. The van der Waals surface area contributed by atoms with Gasteiger partial charge in [0.1, 0.15) is 5.76 Å². The van der Waals surface area contributed by atoms with Gasteiger partial charge in [-0.3, -0.25) is 9.78 Å². The van der Waals surface area contributed by atoms with Gasteiger partial charge in [0.25, 0.3) is 5.91 Å². The largest absolute Gasteiger partial charge is 0.416 e. The molecule has 0 bridgehead atoms. The van der Waals surface area contributed by atoms with E-state index in [2.05, 4.69) is 20.8 Å². The molecule has 0 saturated heterocycles. The van der Waals surface area contributed by atoms with Crippen molar-refractivity contribution in [3.05, 3.63) is 64.6 Å². The van der Waals surface area contributed by atoms with E-state index in [9.17, 15) is 18.0 Å². The normalized spacial score (nSPS) is 11.3. The number of nitrogens with one attached hydrogen (secondary N) is 2. The number of carbonyl (C=O) groups is 1. The Kier molecular flexibility index (Phi) is 5.04. The molecule has 1 amide bonds. The third kappa shape index (κ3) is 4.56. The number of aromatic nitrogens is 2. The quantitative estimate of drug-likeness (QED) is 0.645. The summed E-state index contributed by atoms with van der Waals surface area (Å²) in [6.45, 7) is 1.72. The van der Waals surface area contributed by atoms with Crippen LogP contribution in [0.4, 0.5) is 30.4 Å². The molecule has 2 N–H and O–H groups in total. The second-order valence-electron chi connectivity index (χ2n) is 5.56. The zero-order valence-electron chi connectivity index (χ0n) is 13.8. The van der Waals surface area contributed by atoms with E-state index in [-0.39, 0.29) is 16.3 Å². The summed E-state index contributed by atoms with van der Waals surface area (Å²) in [5.74, 6) is 0.357. The number of amides is 1. The van der Waals surface area contributed by atoms with Crippen LogP contribution >= 0.6 is 11.6 Å². The van der Waals surface area contributed by atoms with Crippen LogP contribution in [0.15, 0.2) is 47.2 Å². The van der Waals surface area contributed by atoms with Gasteiger partial charge in [-0.15, -0.1) is 0 Å². The van der Waals surface area contributed by atoms with Crippen LogP contribution in [0, 0.1) is 6.92 Å². The average Bonchev–Trinajstić information content (AvgIpc) is 3.01. The first-order valence-corrected chi connectivity index (χ1v) is 7.93. The van der Waals surface area contributed by atoms with Gasteiger partial charge in [-0.05, 0) is 31.2 Å². The first-order valence-electron chi connectivity index (χ1n) is 7.56. The second-order valence-corrected chi connectivity index (χ2v) is 5.96. The van der Waals surface area contributed by atoms with Gasteiger partial charge in [0, 0.05) is 12.3 Å². The fraction of sp³-hybridized carbons (Fsp3) is 0.118. The molecular weight excluding hydrogens is 385 g/mol. The van der Waals surface area contributed by atoms with Gasteiger partial charge in [-0.25, -0.2) is 0 Å². The summed E-state index contributed by atoms with van der Waals surface area (Å²) in [4.78, 5) is 16.3. The van der Waals surface area contributed by atoms with Crippen LogP contribution in [-0.2, 0) is 6.18 Å². The molecule has 140 valence electrons. The minimum absolute atomic E-state index is 0.0170. The van der Waals surface area contributed by atoms with Crippen LogP contribution in [0.5, 0.6) is 0 Å². The summed E-state index contributed by atoms with van der Waals surface area (Å²) in [5.41, 5.74) is -0.501. The average molecular weight is 397 g/mol. The number of carbonyl (C=O) groups excluding carboxylic acids is 1. The van der Waals surface area contributed by atoms with Crippen molar-refractivity contribution >= 4 is 34.7 Å². The SMILES string of the molecule is Cc1cc(Nc2cncc(C(=O)Nc3cc(C(F)(F)F)ccc3Cl)c2)no1. The Bertz CT molecular complexity index is 988. The fourth-order valence-electron chi connectivity index (χ4n) is 2.20. The number of benzene rings is 1. The lowest BCUT2D eigenvalue weighted by molar-refractivity contribution is -0.137. The number of hydrogen-bond acceptors (Lipinski definition) is 5. The Morgan fingerprint density at radius 1 is 1.19 bits per heavy atom. The molecule has 27 heavy (non-hydrogen) atoms. The first-order chi connectivity index (χ1) is 12.7. The van der Waals surface area contributed by atoms with E-state index in [1.165, 1.54) is 18.5 Å². The highest BCUT2D eigenvalue weighted by Crippen LogP contribution is 2.34. The van der Waals surface area contributed by atoms with Crippen molar-refractivity contribution in [3.8, 4) is 0 Å². The van der Waals surface area contributed by atoms with Crippen molar-refractivity contribution in [2.45, 2.75) is 13.1 Å². The molecule has 2 heterocycles. The number of aryl methyl sites for hydroxylation is 1. The molecule has 2 aromatic heterocycles. The second kappa shape index (κ2) is 7.28. The molecule has 0 radical (unpaired) electrons. The van der Waals surface area contributed by atoms with E-state index in [4.69, 9.17) is 16.1 Å². The van der Waals surface area contributed by atoms with E-state index in [1.54, 1.807) is 13.0 Å². The van der Waals surface area contributed by atoms with Crippen LogP contribution < -0.4 is 10.6 Å². The standard InChI is InChI=1S/C17H12ClF3N4O2/c1-9-4-15(25-27-9)23-12-5-10(7-22-8-12)16(26)24-14-6-11(17(19,20)21)2-3-13(14)18/h2-8H,1H3,(H,23,25)(H,24,26). The minimum atomic E-state index is -4.55. The number of alkyl halides is 3. The van der Waals surface area contributed by atoms with Crippen LogP contribution in [0.3, 0.4) is 0 Å². The number of nitrogens with zero attached hydrogens (tertiary/aromatic N) is 2. The molecule has 0 aliphatic rings. The van der Waals surface area contributed by atoms with Gasteiger partial charge in [-0.1, -0.05) is 16.8 Å². The molecule has 0 spiro atoms. The van der Waals surface area contributed by atoms with Gasteiger partial charge in [0.2, 0.25) is 0 Å². The summed E-state index contributed by atoms with van der Waals surface area (Å²) in [6.07, 6.45) is -1.82. The van der Waals surface area contributed by atoms with Gasteiger partial charge in [0.15, 0.2) is 5.82 Å². The van der Waals surface area contributed by atoms with Crippen molar-refractivity contribution in [2.24, 2.45) is 0 Å². The van der Waals surface area contributed by atoms with Gasteiger partial charge in [-0.2, -0.15) is 13.2 Å². The summed E-state index contributed by atoms with van der Waals surface area (Å²) >= 11 is 5.89. The molecule has 10 heteroatoms. The zero-order chi connectivity index (χ0) is 19.6. The minimum Gasteiger partial charge on any atom is -0.360 e. The van der Waals surface area contributed by atoms with E-state index in [0.29, 0.717) is 17.3 Å². The Morgan fingerprint density at radius 2 is 1.96 bits per heavy atom. The van der Waals surface area contributed by atoms with Crippen LogP contribution in [0.2, 0.25) is 5.02 Å². The molecular formula is C17H12ClF3N4O2. The van der Waals surface area contributed by atoms with Crippen LogP contribution in [0.1, 0.15) is 21.7 Å². The lowest BCUT2D eigenvalue weighted by Crippen LogP contribution is -2.14. The van der Waals surface area contributed by atoms with E-state index < -0.39 is 17.6 Å². The topological polar surface area (TPSA) is 80.0 Å². The van der Waals surface area contributed by atoms with E-state index in [1.807, 2.05) is 0 Å². The predicted molar refractivity (Wildman–Crippen MR) is 93.2 cm³/mol. The zero-order valence-corrected chi connectivity index (χ0v) is 14.5. The summed E-state index contributed by atoms with van der Waals surface area (Å²) in [6, 6.07) is 5.80. The summed E-state index contributed by atoms with van der Waals surface area (Å²) in [5, 5.41) is 9.01. The fourth-order valence-corrected chi connectivity index (χ4v) is 2.36. The third-order valence-electron chi connectivity index (χ3n) is 3.44. The highest BCUT2D eigenvalue weighted by Gasteiger charge is 2.31. The van der Waals surface area contributed by atoms with Crippen molar-refractivity contribution in [2.75, 3.05) is 10.6 Å². The monoisotopic (exact) mass is 396 g/mol. The number of anilines is 3. The molecule has 0 unspecified atom stereocenters. The highest BCUT2D eigenvalue weighted by atomic mass is 35.5. The van der Waals surface area contributed by atoms with Crippen LogP contribution in [0.25, 0.3) is 0 Å². The molecule has 3 aromatic rings. The lowest BCUT2D eigenvalue weighted by atomic mass is 10.2. The smallest absolute Gasteiger partial charge is 0.360 e. The Balaban J connectivity index is 1.79. The van der Waals surface area contributed by atoms with Crippen molar-refractivity contribution in [1.29, 1.82) is 0 Å². The van der Waals surface area contributed by atoms with Crippen molar-refractivity contribution in [1.82, 2.24) is 10.1 Å². The lowest BCUT2D eigenvalue weighted by Gasteiger charge is -2.12. The number of halogens is 4. The maximum Gasteiger partial charge on any atom is 0.416 e. The predicted octanol–water partition coefficient (Wildman–Crippen LogP) is 5.05. The third-order valence-corrected chi connectivity index (χ3v) is 3.77. The van der Waals surface area contributed by atoms with Crippen molar-refractivity contribution in [3.63, 3.8) is 0 Å². The van der Waals surface area contributed by atoms with Gasteiger partial charge in [0.05, 0.1) is 33.7 Å². The Hall–Kier alpha value is -3.07. The maximum atomic E-state index is 12.8. The summed E-state index contributed by atoms with van der Waals surface area (Å²) in [7, 11) is 0.